The number of thioether (sulfide) groups is 1. The molecule has 0 amide bonds. The summed E-state index contributed by atoms with van der Waals surface area (Å²) in [5.74, 6) is 0.881. The summed E-state index contributed by atoms with van der Waals surface area (Å²) in [6.07, 6.45) is 5.45. The summed E-state index contributed by atoms with van der Waals surface area (Å²) in [5.41, 5.74) is 20.4. The summed E-state index contributed by atoms with van der Waals surface area (Å²) in [7, 11) is 0. The Morgan fingerprint density at radius 2 is 1.29 bits per heavy atom. The summed E-state index contributed by atoms with van der Waals surface area (Å²) >= 11 is 6.04. The highest BCUT2D eigenvalue weighted by molar-refractivity contribution is 8.01. The van der Waals surface area contributed by atoms with E-state index in [2.05, 4.69) is 86.5 Å². The van der Waals surface area contributed by atoms with E-state index < -0.39 is 0 Å². The molecule has 0 saturated carbocycles. The van der Waals surface area contributed by atoms with E-state index in [4.69, 9.17) is 11.5 Å². The van der Waals surface area contributed by atoms with Crippen molar-refractivity contribution >= 4 is 47.3 Å². The lowest BCUT2D eigenvalue weighted by atomic mass is 9.83. The van der Waals surface area contributed by atoms with Crippen LogP contribution in [0.4, 0.5) is 0 Å². The highest BCUT2D eigenvalue weighted by Gasteiger charge is 2.18. The SMILES string of the molecule is C=Cc1c(C=C)c(-c2ccc(C(N)S)cc2)c2ccccc2c1-c1ccc(CS/C=C\N)cc1. The molecule has 4 heteroatoms. The lowest BCUT2D eigenvalue weighted by Gasteiger charge is -2.20. The fourth-order valence-electron chi connectivity index (χ4n) is 4.34. The van der Waals surface area contributed by atoms with Crippen LogP contribution in [-0.2, 0) is 5.75 Å². The topological polar surface area (TPSA) is 52.0 Å². The minimum absolute atomic E-state index is 0.302. The number of rotatable bonds is 8. The van der Waals surface area contributed by atoms with Crippen LogP contribution in [0.3, 0.4) is 0 Å². The molecule has 0 aliphatic carbocycles. The van der Waals surface area contributed by atoms with E-state index in [1.807, 2.05) is 29.7 Å². The first-order valence-corrected chi connectivity index (χ1v) is 12.6. The van der Waals surface area contributed by atoms with Crippen LogP contribution in [0, 0.1) is 0 Å². The molecule has 170 valence electrons. The Labute approximate surface area is 211 Å². The van der Waals surface area contributed by atoms with Gasteiger partial charge in [-0.3, -0.25) is 0 Å². The molecule has 2 nitrogen and oxygen atoms in total. The average molecular weight is 481 g/mol. The molecular formula is C30H28N2S2. The van der Waals surface area contributed by atoms with Crippen molar-refractivity contribution in [3.63, 3.8) is 0 Å². The summed E-state index contributed by atoms with van der Waals surface area (Å²) in [5, 5.41) is 3.96. The van der Waals surface area contributed by atoms with Gasteiger partial charge in [0.1, 0.15) is 0 Å². The van der Waals surface area contributed by atoms with Gasteiger partial charge in [-0.05, 0) is 60.7 Å². The van der Waals surface area contributed by atoms with Gasteiger partial charge in [0.15, 0.2) is 0 Å². The second-order valence-corrected chi connectivity index (χ2v) is 9.39. The Morgan fingerprint density at radius 1 is 0.794 bits per heavy atom. The Hall–Kier alpha value is -3.18. The smallest absolute Gasteiger partial charge is 0.0734 e. The molecular weight excluding hydrogens is 452 g/mol. The molecule has 0 fully saturated rings. The lowest BCUT2D eigenvalue weighted by Crippen LogP contribution is -2.01. The number of benzene rings is 4. The van der Waals surface area contributed by atoms with Crippen LogP contribution in [0.1, 0.15) is 27.6 Å². The van der Waals surface area contributed by atoms with E-state index in [0.717, 1.165) is 39.1 Å². The van der Waals surface area contributed by atoms with Crippen molar-refractivity contribution in [3.05, 3.63) is 120 Å². The van der Waals surface area contributed by atoms with Gasteiger partial charge in [0.2, 0.25) is 0 Å². The van der Waals surface area contributed by atoms with Crippen LogP contribution in [0.15, 0.2) is 97.6 Å². The van der Waals surface area contributed by atoms with Crippen LogP contribution >= 0.6 is 24.4 Å². The molecule has 0 heterocycles. The van der Waals surface area contributed by atoms with E-state index >= 15 is 0 Å². The Balaban J connectivity index is 1.94. The van der Waals surface area contributed by atoms with Crippen molar-refractivity contribution in [1.29, 1.82) is 0 Å². The van der Waals surface area contributed by atoms with Crippen molar-refractivity contribution in [2.24, 2.45) is 11.5 Å². The Morgan fingerprint density at radius 3 is 1.74 bits per heavy atom. The third kappa shape index (κ3) is 4.71. The summed E-state index contributed by atoms with van der Waals surface area (Å²) < 4.78 is 0. The van der Waals surface area contributed by atoms with E-state index in [-0.39, 0.29) is 5.37 Å². The van der Waals surface area contributed by atoms with Gasteiger partial charge in [-0.15, -0.1) is 11.8 Å². The maximum atomic E-state index is 5.95. The molecule has 0 spiro atoms. The van der Waals surface area contributed by atoms with Crippen molar-refractivity contribution < 1.29 is 0 Å². The lowest BCUT2D eigenvalue weighted by molar-refractivity contribution is 1.04. The van der Waals surface area contributed by atoms with E-state index in [0.29, 0.717) is 0 Å². The number of hydrogen-bond donors (Lipinski definition) is 3. The van der Waals surface area contributed by atoms with Gasteiger partial charge < -0.3 is 11.5 Å². The van der Waals surface area contributed by atoms with Gasteiger partial charge in [0, 0.05) is 12.0 Å². The second-order valence-electron chi connectivity index (χ2n) is 7.93. The normalized spacial score (nSPS) is 12.2. The maximum Gasteiger partial charge on any atom is 0.0734 e. The number of hydrogen-bond acceptors (Lipinski definition) is 4. The van der Waals surface area contributed by atoms with Crippen LogP contribution in [-0.4, -0.2) is 0 Å². The summed E-state index contributed by atoms with van der Waals surface area (Å²) in [4.78, 5) is 0. The van der Waals surface area contributed by atoms with Crippen LogP contribution < -0.4 is 11.5 Å². The van der Waals surface area contributed by atoms with Crippen LogP contribution in [0.2, 0.25) is 0 Å². The van der Waals surface area contributed by atoms with E-state index in [9.17, 15) is 0 Å². The molecule has 4 aromatic rings. The van der Waals surface area contributed by atoms with Crippen LogP contribution in [0.5, 0.6) is 0 Å². The van der Waals surface area contributed by atoms with Gasteiger partial charge in [-0.1, -0.05) is 98.1 Å². The Bertz CT molecular complexity index is 1350. The number of nitrogens with two attached hydrogens (primary N) is 2. The monoisotopic (exact) mass is 480 g/mol. The van der Waals surface area contributed by atoms with Gasteiger partial charge in [-0.2, -0.15) is 12.6 Å². The van der Waals surface area contributed by atoms with Gasteiger partial charge >= 0.3 is 0 Å². The third-order valence-corrected chi connectivity index (χ3v) is 7.06. The molecule has 1 unspecified atom stereocenters. The van der Waals surface area contributed by atoms with Gasteiger partial charge in [0.25, 0.3) is 0 Å². The molecule has 1 atom stereocenters. The molecule has 34 heavy (non-hydrogen) atoms. The zero-order chi connectivity index (χ0) is 24.1. The van der Waals surface area contributed by atoms with Crippen molar-refractivity contribution in [2.75, 3.05) is 0 Å². The molecule has 4 aromatic carbocycles. The van der Waals surface area contributed by atoms with Gasteiger partial charge in [-0.25, -0.2) is 0 Å². The summed E-state index contributed by atoms with van der Waals surface area (Å²) in [6.45, 7) is 8.34. The predicted octanol–water partition coefficient (Wildman–Crippen LogP) is 8.01. The maximum absolute atomic E-state index is 5.95. The molecule has 0 radical (unpaired) electrons. The predicted molar refractivity (Wildman–Crippen MR) is 156 cm³/mol. The fraction of sp³-hybridized carbons (Fsp3) is 0.0667. The largest absolute Gasteiger partial charge is 0.404 e. The first kappa shape index (κ1) is 24.0. The number of fused-ring (bicyclic) bond motifs is 1. The molecule has 0 aliphatic rings. The number of thiol groups is 1. The molecule has 0 aliphatic heterocycles. The van der Waals surface area contributed by atoms with Crippen molar-refractivity contribution in [3.8, 4) is 22.3 Å². The molecule has 0 bridgehead atoms. The van der Waals surface area contributed by atoms with Crippen LogP contribution in [0.25, 0.3) is 45.2 Å². The fourth-order valence-corrected chi connectivity index (χ4v) is 5.10. The average Bonchev–Trinajstić information content (AvgIpc) is 2.88. The van der Waals surface area contributed by atoms with E-state index in [1.165, 1.54) is 21.9 Å². The third-order valence-electron chi connectivity index (χ3n) is 5.91. The summed E-state index contributed by atoms with van der Waals surface area (Å²) in [6, 6.07) is 25.5. The highest BCUT2D eigenvalue weighted by Crippen LogP contribution is 2.43. The zero-order valence-corrected chi connectivity index (χ0v) is 20.7. The zero-order valence-electron chi connectivity index (χ0n) is 18.9. The first-order valence-electron chi connectivity index (χ1n) is 11.0. The molecule has 0 saturated heterocycles. The Kier molecular flexibility index (Phi) is 7.63. The van der Waals surface area contributed by atoms with Crippen molar-refractivity contribution in [1.82, 2.24) is 0 Å². The molecule has 0 aromatic heterocycles. The first-order chi connectivity index (χ1) is 16.6. The van der Waals surface area contributed by atoms with Crippen molar-refractivity contribution in [2.45, 2.75) is 11.1 Å². The molecule has 4 N–H and O–H groups in total. The van der Waals surface area contributed by atoms with E-state index in [1.54, 1.807) is 18.0 Å². The minimum atomic E-state index is -0.302. The highest BCUT2D eigenvalue weighted by atomic mass is 32.2. The second kappa shape index (κ2) is 10.8. The molecule has 4 rings (SSSR count). The van der Waals surface area contributed by atoms with Gasteiger partial charge in [0.05, 0.1) is 5.37 Å². The quantitative estimate of drug-likeness (QED) is 0.177. The minimum Gasteiger partial charge on any atom is -0.404 e. The standard InChI is InChI=1S/C30H28N2S2/c1-3-24-25(4-2)29(22-13-15-23(16-14-22)30(32)33)27-8-6-5-7-26(27)28(24)21-11-9-20(10-12-21)19-34-18-17-31/h3-18,30,33H,1-2,19,31-32H2/b18-17-.